The Morgan fingerprint density at radius 2 is 1.77 bits per heavy atom. The molecular formula is C16H14F2N2O5S. The van der Waals surface area contributed by atoms with E-state index in [4.69, 9.17) is 0 Å². The molecule has 3 rings (SSSR count). The third-order valence-corrected chi connectivity index (χ3v) is 5.35. The zero-order valence-electron chi connectivity index (χ0n) is 13.7. The summed E-state index contributed by atoms with van der Waals surface area (Å²) in [6, 6.07) is 9.26. The molecule has 0 fully saturated rings. The number of fused-ring (bicyclic) bond motifs is 1. The zero-order chi connectivity index (χ0) is 19.1. The number of ether oxygens (including phenoxy) is 2. The molecule has 26 heavy (non-hydrogen) atoms. The molecule has 0 aliphatic carbocycles. The summed E-state index contributed by atoms with van der Waals surface area (Å²) in [5.41, 5.74) is 0.284. The van der Waals surface area contributed by atoms with E-state index < -0.39 is 22.2 Å². The maximum absolute atomic E-state index is 13.0. The molecule has 10 heteroatoms. The molecular weight excluding hydrogens is 370 g/mol. The van der Waals surface area contributed by atoms with Crippen LogP contribution in [0.15, 0.2) is 47.4 Å². The Labute approximate surface area is 148 Å². The quantitative estimate of drug-likeness (QED) is 0.876. The molecule has 2 aromatic rings. The van der Waals surface area contributed by atoms with Gasteiger partial charge in [-0.2, -0.15) is 0 Å². The van der Waals surface area contributed by atoms with Crippen LogP contribution < -0.4 is 14.8 Å². The number of hydrogen-bond acceptors (Lipinski definition) is 5. The van der Waals surface area contributed by atoms with E-state index in [1.807, 2.05) is 0 Å². The first kappa shape index (κ1) is 18.1. The first-order valence-corrected chi connectivity index (χ1v) is 8.76. The van der Waals surface area contributed by atoms with Crippen molar-refractivity contribution in [1.82, 2.24) is 4.31 Å². The van der Waals surface area contributed by atoms with Crippen LogP contribution in [0.2, 0.25) is 0 Å². The average molecular weight is 384 g/mol. The van der Waals surface area contributed by atoms with Gasteiger partial charge in [-0.05, 0) is 30.3 Å². The molecule has 1 N–H and O–H groups in total. The summed E-state index contributed by atoms with van der Waals surface area (Å²) in [5.74, 6) is -0.963. The Bertz CT molecular complexity index is 976. The van der Waals surface area contributed by atoms with Crippen LogP contribution in [0.1, 0.15) is 10.4 Å². The molecule has 7 nitrogen and oxygen atoms in total. The minimum absolute atomic E-state index is 0.0412. The Balaban J connectivity index is 1.82. The van der Waals surface area contributed by atoms with E-state index in [1.165, 1.54) is 56.6 Å². The van der Waals surface area contributed by atoms with Crippen molar-refractivity contribution in [2.45, 2.75) is 11.2 Å². The summed E-state index contributed by atoms with van der Waals surface area (Å²) in [6.45, 7) is 0. The van der Waals surface area contributed by atoms with Crippen LogP contribution >= 0.6 is 0 Å². The number of benzene rings is 2. The van der Waals surface area contributed by atoms with E-state index in [0.29, 0.717) is 0 Å². The predicted molar refractivity (Wildman–Crippen MR) is 87.9 cm³/mol. The Morgan fingerprint density at radius 3 is 2.46 bits per heavy atom. The highest BCUT2D eigenvalue weighted by Gasteiger charge is 2.43. The minimum Gasteiger partial charge on any atom is -0.395 e. The first-order chi connectivity index (χ1) is 12.1. The van der Waals surface area contributed by atoms with Crippen LogP contribution in [0.3, 0.4) is 0 Å². The predicted octanol–water partition coefficient (Wildman–Crippen LogP) is 2.51. The topological polar surface area (TPSA) is 84.9 Å². The lowest BCUT2D eigenvalue weighted by Gasteiger charge is -2.12. The molecule has 1 aliphatic rings. The molecule has 0 aromatic heterocycles. The summed E-state index contributed by atoms with van der Waals surface area (Å²) in [4.78, 5) is 12.3. The van der Waals surface area contributed by atoms with Gasteiger partial charge < -0.3 is 14.8 Å². The van der Waals surface area contributed by atoms with Gasteiger partial charge >= 0.3 is 6.29 Å². The molecule has 0 saturated carbocycles. The summed E-state index contributed by atoms with van der Waals surface area (Å²) >= 11 is 0. The fraction of sp³-hybridized carbons (Fsp3) is 0.188. The number of anilines is 1. The van der Waals surface area contributed by atoms with Gasteiger partial charge in [-0.25, -0.2) is 12.7 Å². The number of nitrogens with one attached hydrogen (secondary N) is 1. The fourth-order valence-electron chi connectivity index (χ4n) is 2.24. The third kappa shape index (κ3) is 3.46. The second-order valence-electron chi connectivity index (χ2n) is 5.60. The van der Waals surface area contributed by atoms with Gasteiger partial charge in [0.25, 0.3) is 5.91 Å². The summed E-state index contributed by atoms with van der Waals surface area (Å²) < 4.78 is 60.0. The summed E-state index contributed by atoms with van der Waals surface area (Å²) in [5, 5.41) is 2.50. The molecule has 0 bridgehead atoms. The number of alkyl halides is 2. The van der Waals surface area contributed by atoms with Gasteiger partial charge in [0.1, 0.15) is 0 Å². The van der Waals surface area contributed by atoms with Crippen LogP contribution in [0.5, 0.6) is 11.5 Å². The summed E-state index contributed by atoms with van der Waals surface area (Å²) in [6.07, 6.45) is -3.75. The van der Waals surface area contributed by atoms with Crippen LogP contribution in [0.25, 0.3) is 0 Å². The molecule has 1 amide bonds. The molecule has 0 spiro atoms. The lowest BCUT2D eigenvalue weighted by atomic mass is 10.2. The number of halogens is 2. The number of carbonyl (C=O) groups is 1. The van der Waals surface area contributed by atoms with Crippen molar-refractivity contribution in [2.75, 3.05) is 19.4 Å². The number of hydrogen-bond donors (Lipinski definition) is 1. The number of nitrogens with zero attached hydrogens (tertiary/aromatic N) is 1. The van der Waals surface area contributed by atoms with E-state index in [2.05, 4.69) is 14.8 Å². The molecule has 138 valence electrons. The number of carbonyl (C=O) groups excluding carboxylic acids is 1. The van der Waals surface area contributed by atoms with Crippen molar-refractivity contribution in [2.24, 2.45) is 0 Å². The zero-order valence-corrected chi connectivity index (χ0v) is 14.5. The van der Waals surface area contributed by atoms with Crippen LogP contribution in [0, 0.1) is 0 Å². The van der Waals surface area contributed by atoms with Crippen LogP contribution in [-0.4, -0.2) is 39.0 Å². The van der Waals surface area contributed by atoms with Gasteiger partial charge in [0.2, 0.25) is 10.0 Å². The Kier molecular flexibility index (Phi) is 4.32. The Morgan fingerprint density at radius 1 is 1.08 bits per heavy atom. The second-order valence-corrected chi connectivity index (χ2v) is 7.75. The van der Waals surface area contributed by atoms with Crippen molar-refractivity contribution < 1.29 is 31.5 Å². The standard InChI is InChI=1S/C16H14F2N2O5S/c1-20(2)26(22,23)12-5-3-4-10(8-12)15(21)19-11-6-7-13-14(9-11)25-16(17,18)24-13/h3-9H,1-2H3,(H,19,21). The molecule has 2 aromatic carbocycles. The van der Waals surface area contributed by atoms with Gasteiger partial charge in [-0.1, -0.05) is 6.07 Å². The minimum atomic E-state index is -3.75. The highest BCUT2D eigenvalue weighted by atomic mass is 32.2. The lowest BCUT2D eigenvalue weighted by Crippen LogP contribution is -2.25. The monoisotopic (exact) mass is 384 g/mol. The first-order valence-electron chi connectivity index (χ1n) is 7.32. The highest BCUT2D eigenvalue weighted by molar-refractivity contribution is 7.89. The van der Waals surface area contributed by atoms with Crippen LogP contribution in [0.4, 0.5) is 14.5 Å². The van der Waals surface area contributed by atoms with E-state index in [0.717, 1.165) is 4.31 Å². The van der Waals surface area contributed by atoms with Gasteiger partial charge in [-0.15, -0.1) is 8.78 Å². The normalized spacial score (nSPS) is 15.1. The molecule has 0 unspecified atom stereocenters. The van der Waals surface area contributed by atoms with Crippen LogP contribution in [-0.2, 0) is 10.0 Å². The molecule has 1 heterocycles. The smallest absolute Gasteiger partial charge is 0.395 e. The molecule has 0 radical (unpaired) electrons. The summed E-state index contributed by atoms with van der Waals surface area (Å²) in [7, 11) is -0.934. The highest BCUT2D eigenvalue weighted by Crippen LogP contribution is 2.42. The average Bonchev–Trinajstić information content (AvgIpc) is 2.87. The maximum Gasteiger partial charge on any atom is 0.586 e. The van der Waals surface area contributed by atoms with E-state index in [-0.39, 0.29) is 27.6 Å². The van der Waals surface area contributed by atoms with Crippen molar-refractivity contribution in [3.63, 3.8) is 0 Å². The van der Waals surface area contributed by atoms with Gasteiger partial charge in [0.15, 0.2) is 11.5 Å². The molecule has 1 aliphatic heterocycles. The van der Waals surface area contributed by atoms with Gasteiger partial charge in [-0.3, -0.25) is 4.79 Å². The van der Waals surface area contributed by atoms with Crippen molar-refractivity contribution >= 4 is 21.6 Å². The van der Waals surface area contributed by atoms with Gasteiger partial charge in [0, 0.05) is 31.4 Å². The van der Waals surface area contributed by atoms with E-state index in [1.54, 1.807) is 0 Å². The number of sulfonamides is 1. The number of amides is 1. The lowest BCUT2D eigenvalue weighted by molar-refractivity contribution is -0.286. The SMILES string of the molecule is CN(C)S(=O)(=O)c1cccc(C(=O)Nc2ccc3c(c2)OC(F)(F)O3)c1. The largest absolute Gasteiger partial charge is 0.586 e. The van der Waals surface area contributed by atoms with Gasteiger partial charge in [0.05, 0.1) is 4.90 Å². The van der Waals surface area contributed by atoms with Crippen molar-refractivity contribution in [3.05, 3.63) is 48.0 Å². The second kappa shape index (κ2) is 6.22. The van der Waals surface area contributed by atoms with E-state index >= 15 is 0 Å². The molecule has 0 saturated heterocycles. The van der Waals surface area contributed by atoms with E-state index in [9.17, 15) is 22.0 Å². The van der Waals surface area contributed by atoms with Crippen molar-refractivity contribution in [3.8, 4) is 11.5 Å². The third-order valence-electron chi connectivity index (χ3n) is 3.53. The molecule has 0 atom stereocenters. The fourth-order valence-corrected chi connectivity index (χ4v) is 3.19. The number of rotatable bonds is 4. The maximum atomic E-state index is 13.0. The van der Waals surface area contributed by atoms with Crippen molar-refractivity contribution in [1.29, 1.82) is 0 Å². The Hall–Kier alpha value is -2.72.